The molecule has 2 nitrogen and oxygen atoms in total. The third-order valence-corrected chi connectivity index (χ3v) is 2.43. The van der Waals surface area contributed by atoms with E-state index in [2.05, 4.69) is 5.32 Å². The molecule has 0 saturated carbocycles. The summed E-state index contributed by atoms with van der Waals surface area (Å²) in [4.78, 5) is 11.3. The molecule has 0 bridgehead atoms. The topological polar surface area (TPSA) is 29.1 Å². The van der Waals surface area contributed by atoms with Crippen LogP contribution in [0.15, 0.2) is 18.2 Å². The molecule has 70 valence electrons. The summed E-state index contributed by atoms with van der Waals surface area (Å²) in [6, 6.07) is 4.57. The molecule has 0 spiro atoms. The highest BCUT2D eigenvalue weighted by atomic mass is 127. The van der Waals surface area contributed by atoms with Crippen LogP contribution in [-0.2, 0) is 0 Å². The highest BCUT2D eigenvalue weighted by molar-refractivity contribution is 14.1. The van der Waals surface area contributed by atoms with Crippen molar-refractivity contribution in [2.75, 3.05) is 6.54 Å². The van der Waals surface area contributed by atoms with E-state index in [0.29, 0.717) is 10.1 Å². The van der Waals surface area contributed by atoms with Crippen LogP contribution >= 0.6 is 22.6 Å². The third kappa shape index (κ3) is 2.40. The Morgan fingerprint density at radius 1 is 1.62 bits per heavy atom. The van der Waals surface area contributed by atoms with Gasteiger partial charge in [0, 0.05) is 10.1 Å². The van der Waals surface area contributed by atoms with Gasteiger partial charge in [-0.3, -0.25) is 4.79 Å². The minimum absolute atomic E-state index is 0.130. The van der Waals surface area contributed by atoms with Gasteiger partial charge >= 0.3 is 0 Å². The summed E-state index contributed by atoms with van der Waals surface area (Å²) >= 11 is 1.94. The molecule has 0 heterocycles. The van der Waals surface area contributed by atoms with Crippen LogP contribution in [0.3, 0.4) is 0 Å². The molecular weight excluding hydrogens is 284 g/mol. The largest absolute Gasteiger partial charge is 0.352 e. The highest BCUT2D eigenvalue weighted by Gasteiger charge is 2.13. The molecule has 1 rings (SSSR count). The van der Waals surface area contributed by atoms with E-state index in [1.807, 2.05) is 22.6 Å². The zero-order valence-corrected chi connectivity index (χ0v) is 9.26. The first kappa shape index (κ1) is 10.4. The average Bonchev–Trinajstić information content (AvgIpc) is 2.04. The Hall–Kier alpha value is -0.650. The molecule has 1 N–H and O–H groups in total. The second kappa shape index (κ2) is 4.55. The first-order valence-electron chi connectivity index (χ1n) is 3.89. The van der Waals surface area contributed by atoms with Gasteiger partial charge in [0.05, 0.1) is 5.56 Å². The lowest BCUT2D eigenvalue weighted by Crippen LogP contribution is -2.24. The van der Waals surface area contributed by atoms with E-state index < -0.39 is 5.82 Å². The molecule has 0 fully saturated rings. The van der Waals surface area contributed by atoms with Crippen molar-refractivity contribution in [2.24, 2.45) is 0 Å². The van der Waals surface area contributed by atoms with Crippen molar-refractivity contribution in [1.29, 1.82) is 0 Å². The monoisotopic (exact) mass is 293 g/mol. The Morgan fingerprint density at radius 2 is 2.31 bits per heavy atom. The van der Waals surface area contributed by atoms with Crippen LogP contribution in [-0.4, -0.2) is 12.5 Å². The Bertz CT molecular complexity index is 307. The second-order valence-corrected chi connectivity index (χ2v) is 3.62. The van der Waals surface area contributed by atoms with Gasteiger partial charge in [-0.25, -0.2) is 4.39 Å². The molecule has 1 aromatic carbocycles. The van der Waals surface area contributed by atoms with Crippen LogP contribution in [0.4, 0.5) is 4.39 Å². The smallest absolute Gasteiger partial charge is 0.255 e. The zero-order valence-electron chi connectivity index (χ0n) is 7.10. The number of rotatable bonds is 2. The van der Waals surface area contributed by atoms with Crippen molar-refractivity contribution in [3.8, 4) is 0 Å². The standard InChI is InChI=1S/C9H9FINO/c1-2-12-9(13)8-6(10)4-3-5-7(8)11/h3-5H,2H2,1H3,(H,12,13). The number of halogens is 2. The van der Waals surface area contributed by atoms with Crippen molar-refractivity contribution in [3.63, 3.8) is 0 Å². The molecular formula is C9H9FINO. The van der Waals surface area contributed by atoms with Gasteiger partial charge in [0.2, 0.25) is 0 Å². The molecule has 1 amide bonds. The predicted octanol–water partition coefficient (Wildman–Crippen LogP) is 2.18. The zero-order chi connectivity index (χ0) is 9.84. The van der Waals surface area contributed by atoms with E-state index in [9.17, 15) is 9.18 Å². The maximum atomic E-state index is 13.2. The Balaban J connectivity index is 3.05. The van der Waals surface area contributed by atoms with E-state index in [4.69, 9.17) is 0 Å². The molecule has 0 aliphatic rings. The molecule has 0 unspecified atom stereocenters. The molecule has 0 aliphatic heterocycles. The molecule has 0 aliphatic carbocycles. The normalized spacial score (nSPS) is 9.77. The summed E-state index contributed by atoms with van der Waals surface area (Å²) in [6.45, 7) is 2.30. The summed E-state index contributed by atoms with van der Waals surface area (Å²) in [5, 5.41) is 2.56. The van der Waals surface area contributed by atoms with Crippen LogP contribution in [0, 0.1) is 9.39 Å². The van der Waals surface area contributed by atoms with Crippen molar-refractivity contribution >= 4 is 28.5 Å². The fraction of sp³-hybridized carbons (Fsp3) is 0.222. The number of benzene rings is 1. The molecule has 0 saturated heterocycles. The Kier molecular flexibility index (Phi) is 3.65. The van der Waals surface area contributed by atoms with Gasteiger partial charge in [0.25, 0.3) is 5.91 Å². The fourth-order valence-corrected chi connectivity index (χ4v) is 1.67. The van der Waals surface area contributed by atoms with Crippen molar-refractivity contribution < 1.29 is 9.18 Å². The van der Waals surface area contributed by atoms with E-state index in [-0.39, 0.29) is 11.5 Å². The SMILES string of the molecule is CCNC(=O)c1c(F)cccc1I. The number of carbonyl (C=O) groups is 1. The van der Waals surface area contributed by atoms with Gasteiger partial charge < -0.3 is 5.32 Å². The Labute approximate surface area is 89.7 Å². The molecule has 0 radical (unpaired) electrons. The van der Waals surface area contributed by atoms with E-state index in [0.717, 1.165) is 0 Å². The van der Waals surface area contributed by atoms with E-state index in [1.165, 1.54) is 6.07 Å². The molecule has 4 heteroatoms. The van der Waals surface area contributed by atoms with Crippen LogP contribution < -0.4 is 5.32 Å². The minimum Gasteiger partial charge on any atom is -0.352 e. The number of nitrogens with one attached hydrogen (secondary N) is 1. The Morgan fingerprint density at radius 3 is 2.85 bits per heavy atom. The molecule has 0 atom stereocenters. The first-order valence-corrected chi connectivity index (χ1v) is 4.97. The molecule has 0 aromatic heterocycles. The quantitative estimate of drug-likeness (QED) is 0.832. The first-order chi connectivity index (χ1) is 6.16. The van der Waals surface area contributed by atoms with Crippen LogP contribution in [0.5, 0.6) is 0 Å². The lowest BCUT2D eigenvalue weighted by Gasteiger charge is -2.05. The summed E-state index contributed by atoms with van der Waals surface area (Å²) in [5.41, 5.74) is 0.130. The van der Waals surface area contributed by atoms with Crippen molar-refractivity contribution in [1.82, 2.24) is 5.32 Å². The van der Waals surface area contributed by atoms with Gasteiger partial charge in [-0.05, 0) is 41.6 Å². The summed E-state index contributed by atoms with van der Waals surface area (Å²) in [6.07, 6.45) is 0. The maximum Gasteiger partial charge on any atom is 0.255 e. The van der Waals surface area contributed by atoms with Crippen molar-refractivity contribution in [2.45, 2.75) is 6.92 Å². The van der Waals surface area contributed by atoms with Gasteiger partial charge in [0.1, 0.15) is 5.82 Å². The lowest BCUT2D eigenvalue weighted by molar-refractivity contribution is 0.0951. The summed E-state index contributed by atoms with van der Waals surface area (Å²) in [7, 11) is 0. The number of hydrogen-bond acceptors (Lipinski definition) is 1. The van der Waals surface area contributed by atoms with Gasteiger partial charge in [0.15, 0.2) is 0 Å². The number of carbonyl (C=O) groups excluding carboxylic acids is 1. The molecule has 1 aromatic rings. The predicted molar refractivity (Wildman–Crippen MR) is 57.1 cm³/mol. The van der Waals surface area contributed by atoms with Crippen molar-refractivity contribution in [3.05, 3.63) is 33.1 Å². The van der Waals surface area contributed by atoms with Crippen LogP contribution in [0.25, 0.3) is 0 Å². The fourth-order valence-electron chi connectivity index (χ4n) is 0.964. The summed E-state index contributed by atoms with van der Waals surface area (Å²) in [5.74, 6) is -0.831. The van der Waals surface area contributed by atoms with E-state index >= 15 is 0 Å². The maximum absolute atomic E-state index is 13.2. The lowest BCUT2D eigenvalue weighted by atomic mass is 10.2. The van der Waals surface area contributed by atoms with Crippen LogP contribution in [0.2, 0.25) is 0 Å². The number of amides is 1. The van der Waals surface area contributed by atoms with Gasteiger partial charge in [-0.15, -0.1) is 0 Å². The highest BCUT2D eigenvalue weighted by Crippen LogP contribution is 2.15. The minimum atomic E-state index is -0.474. The van der Waals surface area contributed by atoms with E-state index in [1.54, 1.807) is 19.1 Å². The molecule has 13 heavy (non-hydrogen) atoms. The van der Waals surface area contributed by atoms with Crippen LogP contribution in [0.1, 0.15) is 17.3 Å². The summed E-state index contributed by atoms with van der Waals surface area (Å²) < 4.78 is 13.8. The number of hydrogen-bond donors (Lipinski definition) is 1. The van der Waals surface area contributed by atoms with Gasteiger partial charge in [-0.1, -0.05) is 6.07 Å². The average molecular weight is 293 g/mol. The van der Waals surface area contributed by atoms with Gasteiger partial charge in [-0.2, -0.15) is 0 Å². The third-order valence-electron chi connectivity index (χ3n) is 1.53. The second-order valence-electron chi connectivity index (χ2n) is 2.46.